The summed E-state index contributed by atoms with van der Waals surface area (Å²) in [7, 11) is -4.40. The van der Waals surface area contributed by atoms with Crippen LogP contribution in [0.15, 0.2) is 91.0 Å². The fourth-order valence-electron chi connectivity index (χ4n) is 3.42. The van der Waals surface area contributed by atoms with Crippen LogP contribution in [0.5, 0.6) is 0 Å². The van der Waals surface area contributed by atoms with E-state index in [1.54, 1.807) is 0 Å². The molecule has 0 aliphatic heterocycles. The second-order valence-corrected chi connectivity index (χ2v) is 8.79. The van der Waals surface area contributed by atoms with Crippen LogP contribution in [0.4, 0.5) is 0 Å². The van der Waals surface area contributed by atoms with Gasteiger partial charge >= 0.3 is 7.60 Å². The van der Waals surface area contributed by atoms with Gasteiger partial charge in [-0.3, -0.25) is 4.57 Å². The molecule has 26 heavy (non-hydrogen) atoms. The lowest BCUT2D eigenvalue weighted by molar-refractivity contribution is 0.317. The summed E-state index contributed by atoms with van der Waals surface area (Å²) >= 11 is 0. The van der Waals surface area contributed by atoms with Crippen molar-refractivity contribution in [2.24, 2.45) is 0 Å². The van der Waals surface area contributed by atoms with Crippen LogP contribution in [-0.2, 0) is 23.8 Å². The van der Waals surface area contributed by atoms with Crippen molar-refractivity contribution in [3.8, 4) is 0 Å². The van der Waals surface area contributed by atoms with Gasteiger partial charge in [-0.05, 0) is 36.0 Å². The average Bonchev–Trinajstić information content (AvgIpc) is 2.63. The maximum Gasteiger partial charge on any atom is 0.332 e. The van der Waals surface area contributed by atoms with Gasteiger partial charge in [0.25, 0.3) is 0 Å². The van der Waals surface area contributed by atoms with Gasteiger partial charge in [0.15, 0.2) is 0 Å². The molecule has 0 atom stereocenters. The van der Waals surface area contributed by atoms with E-state index in [4.69, 9.17) is 0 Å². The summed E-state index contributed by atoms with van der Waals surface area (Å²) in [5.74, 6) is 0. The van der Waals surface area contributed by atoms with Gasteiger partial charge in [0.05, 0.1) is 5.16 Å². The second kappa shape index (κ2) is 8.01. The van der Waals surface area contributed by atoms with E-state index in [2.05, 4.69) is 0 Å². The first-order chi connectivity index (χ1) is 12.5. The molecule has 0 aliphatic carbocycles. The molecule has 0 radical (unpaired) electrons. The molecule has 0 aromatic heterocycles. The lowest BCUT2D eigenvalue weighted by Crippen LogP contribution is -2.37. The van der Waals surface area contributed by atoms with Crippen molar-refractivity contribution in [2.75, 3.05) is 0 Å². The molecule has 3 aromatic carbocycles. The molecular weight excluding hydrogens is 343 g/mol. The fraction of sp³-hybridized carbons (Fsp3) is 0.182. The standard InChI is InChI=1S/C22H23O3P/c23-26(24,25)22(16-19-10-4-1-5-11-19,17-20-12-6-2-7-13-20)18-21-14-8-3-9-15-21/h1-15H,16-18H2,(H2,23,24,25). The van der Waals surface area contributed by atoms with Crippen LogP contribution in [0, 0.1) is 0 Å². The summed E-state index contributed by atoms with van der Waals surface area (Å²) in [6, 6.07) is 28.8. The molecular formula is C22H23O3P. The number of benzene rings is 3. The molecule has 134 valence electrons. The molecule has 0 bridgehead atoms. The molecule has 0 amide bonds. The highest BCUT2D eigenvalue weighted by Crippen LogP contribution is 2.55. The van der Waals surface area contributed by atoms with Crippen molar-refractivity contribution >= 4 is 7.60 Å². The minimum absolute atomic E-state index is 0.321. The summed E-state index contributed by atoms with van der Waals surface area (Å²) in [5.41, 5.74) is 2.80. The van der Waals surface area contributed by atoms with Crippen molar-refractivity contribution in [3.05, 3.63) is 108 Å². The minimum atomic E-state index is -4.40. The predicted octanol–water partition coefficient (Wildman–Crippen LogP) is 4.63. The molecule has 0 spiro atoms. The van der Waals surface area contributed by atoms with Gasteiger partial charge in [0, 0.05) is 0 Å². The van der Waals surface area contributed by atoms with Crippen LogP contribution in [0.2, 0.25) is 0 Å². The van der Waals surface area contributed by atoms with Gasteiger partial charge in [-0.2, -0.15) is 0 Å². The monoisotopic (exact) mass is 366 g/mol. The zero-order valence-corrected chi connectivity index (χ0v) is 15.4. The first-order valence-electron chi connectivity index (χ1n) is 8.66. The summed E-state index contributed by atoms with van der Waals surface area (Å²) in [4.78, 5) is 20.8. The Kier molecular flexibility index (Phi) is 5.73. The Labute approximate surface area is 154 Å². The Morgan fingerprint density at radius 2 is 0.846 bits per heavy atom. The lowest BCUT2D eigenvalue weighted by Gasteiger charge is -2.35. The first-order valence-corrected chi connectivity index (χ1v) is 10.3. The van der Waals surface area contributed by atoms with E-state index in [1.165, 1.54) is 0 Å². The van der Waals surface area contributed by atoms with E-state index in [1.807, 2.05) is 91.0 Å². The normalized spacial score (nSPS) is 12.1. The topological polar surface area (TPSA) is 57.5 Å². The van der Waals surface area contributed by atoms with Crippen molar-refractivity contribution in [2.45, 2.75) is 24.4 Å². The molecule has 0 aliphatic rings. The highest BCUT2D eigenvalue weighted by Gasteiger charge is 2.46. The first kappa shape index (κ1) is 18.6. The van der Waals surface area contributed by atoms with Crippen LogP contribution in [0.1, 0.15) is 16.7 Å². The molecule has 0 heterocycles. The van der Waals surface area contributed by atoms with Gasteiger partial charge in [0.2, 0.25) is 0 Å². The van der Waals surface area contributed by atoms with Crippen molar-refractivity contribution in [1.29, 1.82) is 0 Å². The zero-order valence-electron chi connectivity index (χ0n) is 14.5. The van der Waals surface area contributed by atoms with E-state index in [9.17, 15) is 14.4 Å². The highest BCUT2D eigenvalue weighted by molar-refractivity contribution is 7.53. The van der Waals surface area contributed by atoms with Crippen LogP contribution in [0.25, 0.3) is 0 Å². The number of rotatable bonds is 7. The molecule has 0 saturated heterocycles. The van der Waals surface area contributed by atoms with Gasteiger partial charge < -0.3 is 9.79 Å². The van der Waals surface area contributed by atoms with Gasteiger partial charge in [-0.25, -0.2) is 0 Å². The molecule has 2 N–H and O–H groups in total. The Morgan fingerprint density at radius 3 is 1.08 bits per heavy atom. The Morgan fingerprint density at radius 1 is 0.577 bits per heavy atom. The quantitative estimate of drug-likeness (QED) is 0.600. The van der Waals surface area contributed by atoms with Gasteiger partial charge in [0.1, 0.15) is 0 Å². The lowest BCUT2D eigenvalue weighted by atomic mass is 9.86. The number of hydrogen-bond donors (Lipinski definition) is 2. The molecule has 3 rings (SSSR count). The Hall–Kier alpha value is -2.19. The largest absolute Gasteiger partial charge is 0.332 e. The maximum absolute atomic E-state index is 12.8. The van der Waals surface area contributed by atoms with E-state index in [0.29, 0.717) is 19.3 Å². The molecule has 0 unspecified atom stereocenters. The summed E-state index contributed by atoms with van der Waals surface area (Å²) in [6.07, 6.45) is 0.964. The van der Waals surface area contributed by atoms with E-state index in [-0.39, 0.29) is 0 Å². The molecule has 4 heteroatoms. The molecule has 0 saturated carbocycles. The SMILES string of the molecule is O=P(O)(O)C(Cc1ccccc1)(Cc1ccccc1)Cc1ccccc1. The van der Waals surface area contributed by atoms with Crippen molar-refractivity contribution < 1.29 is 14.4 Å². The third-order valence-electron chi connectivity index (χ3n) is 4.75. The third kappa shape index (κ3) is 4.50. The van der Waals surface area contributed by atoms with E-state index >= 15 is 0 Å². The van der Waals surface area contributed by atoms with Crippen LogP contribution in [-0.4, -0.2) is 14.9 Å². The minimum Gasteiger partial charge on any atom is -0.324 e. The zero-order chi connectivity index (χ0) is 18.5. The van der Waals surface area contributed by atoms with Crippen molar-refractivity contribution in [1.82, 2.24) is 0 Å². The summed E-state index contributed by atoms with van der Waals surface area (Å²) in [6.45, 7) is 0. The molecule has 0 fully saturated rings. The smallest absolute Gasteiger partial charge is 0.324 e. The third-order valence-corrected chi connectivity index (χ3v) is 6.46. The van der Waals surface area contributed by atoms with Crippen LogP contribution < -0.4 is 0 Å². The predicted molar refractivity (Wildman–Crippen MR) is 105 cm³/mol. The molecule has 3 aromatic rings. The Bertz CT molecular complexity index is 756. The second-order valence-electron chi connectivity index (χ2n) is 6.76. The molecule has 3 nitrogen and oxygen atoms in total. The van der Waals surface area contributed by atoms with E-state index in [0.717, 1.165) is 16.7 Å². The van der Waals surface area contributed by atoms with E-state index < -0.39 is 12.8 Å². The van der Waals surface area contributed by atoms with Gasteiger partial charge in [-0.1, -0.05) is 91.0 Å². The van der Waals surface area contributed by atoms with Crippen LogP contribution >= 0.6 is 7.60 Å². The Balaban J connectivity index is 2.05. The summed E-state index contributed by atoms with van der Waals surface area (Å²) < 4.78 is 12.8. The maximum atomic E-state index is 12.8. The summed E-state index contributed by atoms with van der Waals surface area (Å²) in [5, 5.41) is -1.18. The van der Waals surface area contributed by atoms with Gasteiger partial charge in [-0.15, -0.1) is 0 Å². The fourth-order valence-corrected chi connectivity index (χ4v) is 4.59. The van der Waals surface area contributed by atoms with Crippen molar-refractivity contribution in [3.63, 3.8) is 0 Å². The number of hydrogen-bond acceptors (Lipinski definition) is 1. The highest BCUT2D eigenvalue weighted by atomic mass is 31.2. The van der Waals surface area contributed by atoms with Crippen LogP contribution in [0.3, 0.4) is 0 Å². The average molecular weight is 366 g/mol.